The summed E-state index contributed by atoms with van der Waals surface area (Å²) < 4.78 is 4.99. The first kappa shape index (κ1) is 22.3. The highest BCUT2D eigenvalue weighted by Gasteiger charge is 2.60. The van der Waals surface area contributed by atoms with Gasteiger partial charge in [-0.2, -0.15) is 0 Å². The van der Waals surface area contributed by atoms with Gasteiger partial charge >= 0.3 is 5.97 Å². The summed E-state index contributed by atoms with van der Waals surface area (Å²) >= 11 is 6.25. The molecule has 2 heterocycles. The number of benzene rings is 2. The lowest BCUT2D eigenvalue weighted by atomic mass is 9.79. The molecule has 0 radical (unpaired) electrons. The zero-order valence-corrected chi connectivity index (χ0v) is 19.0. The maximum Gasteiger partial charge on any atom is 0.338 e. The van der Waals surface area contributed by atoms with Gasteiger partial charge in [-0.25, -0.2) is 4.79 Å². The van der Waals surface area contributed by atoms with E-state index in [0.717, 1.165) is 0 Å². The first-order chi connectivity index (χ1) is 15.3. The zero-order chi connectivity index (χ0) is 23.0. The number of carbonyl (C=O) groups excluding carboxylic acids is 3. The summed E-state index contributed by atoms with van der Waals surface area (Å²) in [6, 6.07) is 11.7. The largest absolute Gasteiger partial charge is 0.462 e. The Morgan fingerprint density at radius 2 is 1.94 bits per heavy atom. The van der Waals surface area contributed by atoms with Crippen LogP contribution in [0.25, 0.3) is 0 Å². The number of hydrogen-bond donors (Lipinski definition) is 3. The van der Waals surface area contributed by atoms with E-state index in [0.29, 0.717) is 40.6 Å². The fraction of sp³-hybridized carbons (Fsp3) is 0.375. The minimum Gasteiger partial charge on any atom is -0.462 e. The second-order valence-corrected chi connectivity index (χ2v) is 8.96. The molecule has 0 aliphatic carbocycles. The molecule has 32 heavy (non-hydrogen) atoms. The lowest BCUT2D eigenvalue weighted by Crippen LogP contribution is -2.52. The first-order valence-corrected chi connectivity index (χ1v) is 11.1. The molecule has 0 saturated carbocycles. The normalized spacial score (nSPS) is 23.8. The van der Waals surface area contributed by atoms with Crippen molar-refractivity contribution in [3.05, 3.63) is 58.6 Å². The number of nitrogens with one attached hydrogen (secondary N) is 3. The van der Waals surface area contributed by atoms with Crippen molar-refractivity contribution >= 4 is 40.8 Å². The summed E-state index contributed by atoms with van der Waals surface area (Å²) in [5.74, 6) is -1.35. The average Bonchev–Trinajstić information content (AvgIpc) is 3.29. The van der Waals surface area contributed by atoms with E-state index in [4.69, 9.17) is 16.3 Å². The molecule has 1 fully saturated rings. The van der Waals surface area contributed by atoms with E-state index in [1.54, 1.807) is 49.4 Å². The SMILES string of the molecule is CCOC(=O)c1ccc(NC(=O)[C@H]2C[C@H](C(C)C)N[C@]23C(=O)Nc2ccc(Cl)cc23)cc1. The van der Waals surface area contributed by atoms with E-state index in [-0.39, 0.29) is 23.8 Å². The van der Waals surface area contributed by atoms with Crippen molar-refractivity contribution in [3.63, 3.8) is 0 Å². The summed E-state index contributed by atoms with van der Waals surface area (Å²) in [6.45, 7) is 6.16. The highest BCUT2D eigenvalue weighted by atomic mass is 35.5. The standard InChI is InChI=1S/C24H26ClN3O4/c1-4-32-22(30)14-5-8-16(9-6-14)26-21(29)18-12-20(13(2)3)28-24(18)17-11-15(25)7-10-19(17)27-23(24)31/h5-11,13,18,20,28H,4,12H2,1-3H3,(H,26,29)(H,27,31)/t18-,20-,24+/m1/s1. The van der Waals surface area contributed by atoms with Gasteiger partial charge in [-0.05, 0) is 61.7 Å². The molecule has 3 atom stereocenters. The van der Waals surface area contributed by atoms with Gasteiger partial charge in [-0.3, -0.25) is 14.9 Å². The molecular formula is C24H26ClN3O4. The predicted octanol–water partition coefficient (Wildman–Crippen LogP) is 3.94. The molecule has 7 nitrogen and oxygen atoms in total. The maximum atomic E-state index is 13.4. The molecule has 0 bridgehead atoms. The molecule has 168 valence electrons. The summed E-state index contributed by atoms with van der Waals surface area (Å²) in [7, 11) is 0. The number of rotatable bonds is 5. The van der Waals surface area contributed by atoms with E-state index in [1.165, 1.54) is 0 Å². The Morgan fingerprint density at radius 3 is 2.59 bits per heavy atom. The number of ether oxygens (including phenoxy) is 1. The van der Waals surface area contributed by atoms with E-state index < -0.39 is 17.4 Å². The molecule has 2 aliphatic heterocycles. The van der Waals surface area contributed by atoms with Crippen molar-refractivity contribution in [2.24, 2.45) is 11.8 Å². The molecule has 2 aliphatic rings. The van der Waals surface area contributed by atoms with Crippen LogP contribution in [0.2, 0.25) is 5.02 Å². The van der Waals surface area contributed by atoms with Crippen LogP contribution in [0.1, 0.15) is 43.1 Å². The molecule has 3 N–H and O–H groups in total. The van der Waals surface area contributed by atoms with Gasteiger partial charge in [-0.15, -0.1) is 0 Å². The van der Waals surface area contributed by atoms with Crippen LogP contribution >= 0.6 is 11.6 Å². The molecular weight excluding hydrogens is 430 g/mol. The van der Waals surface area contributed by atoms with Crippen molar-refractivity contribution in [3.8, 4) is 0 Å². The second-order valence-electron chi connectivity index (χ2n) is 8.52. The van der Waals surface area contributed by atoms with Gasteiger partial charge in [0.25, 0.3) is 0 Å². The fourth-order valence-electron chi connectivity index (χ4n) is 4.54. The van der Waals surface area contributed by atoms with Gasteiger partial charge in [0.15, 0.2) is 0 Å². The Kier molecular flexibility index (Phi) is 5.97. The Balaban J connectivity index is 1.64. The number of carbonyl (C=O) groups is 3. The number of anilines is 2. The second kappa shape index (κ2) is 8.56. The fourth-order valence-corrected chi connectivity index (χ4v) is 4.71. The topological polar surface area (TPSA) is 96.5 Å². The van der Waals surface area contributed by atoms with Crippen molar-refractivity contribution in [2.45, 2.75) is 38.8 Å². The summed E-state index contributed by atoms with van der Waals surface area (Å²) in [5, 5.41) is 9.78. The number of hydrogen-bond acceptors (Lipinski definition) is 5. The van der Waals surface area contributed by atoms with Crippen LogP contribution in [0.4, 0.5) is 11.4 Å². The molecule has 2 amide bonds. The highest BCUT2D eigenvalue weighted by Crippen LogP contribution is 2.48. The van der Waals surface area contributed by atoms with E-state index in [1.807, 2.05) is 0 Å². The zero-order valence-electron chi connectivity index (χ0n) is 18.2. The Hall–Kier alpha value is -2.90. The van der Waals surface area contributed by atoms with Crippen LogP contribution in [0.3, 0.4) is 0 Å². The molecule has 0 aromatic heterocycles. The summed E-state index contributed by atoms with van der Waals surface area (Å²) in [5.41, 5.74) is 1.10. The van der Waals surface area contributed by atoms with E-state index >= 15 is 0 Å². The maximum absolute atomic E-state index is 13.4. The number of esters is 1. The van der Waals surface area contributed by atoms with Crippen LogP contribution < -0.4 is 16.0 Å². The van der Waals surface area contributed by atoms with Crippen LogP contribution in [0.15, 0.2) is 42.5 Å². The number of fused-ring (bicyclic) bond motifs is 2. The van der Waals surface area contributed by atoms with Gasteiger partial charge in [0.1, 0.15) is 5.54 Å². The molecule has 4 rings (SSSR count). The minimum absolute atomic E-state index is 0.0207. The van der Waals surface area contributed by atoms with Crippen molar-refractivity contribution in [1.29, 1.82) is 0 Å². The van der Waals surface area contributed by atoms with Gasteiger partial charge < -0.3 is 15.4 Å². The molecule has 1 saturated heterocycles. The Morgan fingerprint density at radius 1 is 1.22 bits per heavy atom. The smallest absolute Gasteiger partial charge is 0.338 e. The Labute approximate surface area is 191 Å². The van der Waals surface area contributed by atoms with Gasteiger partial charge in [-0.1, -0.05) is 25.4 Å². The van der Waals surface area contributed by atoms with Gasteiger partial charge in [0.2, 0.25) is 11.8 Å². The lowest BCUT2D eigenvalue weighted by Gasteiger charge is -2.29. The number of amides is 2. The van der Waals surface area contributed by atoms with E-state index in [2.05, 4.69) is 29.8 Å². The lowest BCUT2D eigenvalue weighted by molar-refractivity contribution is -0.130. The van der Waals surface area contributed by atoms with Crippen LogP contribution in [0.5, 0.6) is 0 Å². The van der Waals surface area contributed by atoms with Crippen LogP contribution in [-0.4, -0.2) is 30.4 Å². The summed E-state index contributed by atoms with van der Waals surface area (Å²) in [4.78, 5) is 38.5. The van der Waals surface area contributed by atoms with Crippen molar-refractivity contribution in [1.82, 2.24) is 5.32 Å². The van der Waals surface area contributed by atoms with Crippen molar-refractivity contribution < 1.29 is 19.1 Å². The molecule has 8 heteroatoms. The summed E-state index contributed by atoms with van der Waals surface area (Å²) in [6.07, 6.45) is 0.504. The Bertz CT molecular complexity index is 1070. The monoisotopic (exact) mass is 455 g/mol. The quantitative estimate of drug-likeness (QED) is 0.593. The molecule has 0 unspecified atom stereocenters. The van der Waals surface area contributed by atoms with E-state index in [9.17, 15) is 14.4 Å². The average molecular weight is 456 g/mol. The third-order valence-electron chi connectivity index (χ3n) is 6.22. The van der Waals surface area contributed by atoms with Crippen LogP contribution in [0, 0.1) is 11.8 Å². The minimum atomic E-state index is -1.19. The van der Waals surface area contributed by atoms with Gasteiger partial charge in [0, 0.05) is 28.0 Å². The molecule has 1 spiro atoms. The van der Waals surface area contributed by atoms with Gasteiger partial charge in [0.05, 0.1) is 18.1 Å². The third-order valence-corrected chi connectivity index (χ3v) is 6.46. The molecule has 2 aromatic carbocycles. The van der Waals surface area contributed by atoms with Crippen molar-refractivity contribution in [2.75, 3.05) is 17.2 Å². The third kappa shape index (κ3) is 3.76. The first-order valence-electron chi connectivity index (χ1n) is 10.7. The molecule has 2 aromatic rings. The predicted molar refractivity (Wildman–Crippen MR) is 123 cm³/mol. The number of halogens is 1. The highest BCUT2D eigenvalue weighted by molar-refractivity contribution is 6.31. The van der Waals surface area contributed by atoms with Crippen LogP contribution in [-0.2, 0) is 19.9 Å².